The summed E-state index contributed by atoms with van der Waals surface area (Å²) in [6.45, 7) is 0. The molecule has 1 heterocycles. The second-order valence-corrected chi connectivity index (χ2v) is 3.62. The lowest BCUT2D eigenvalue weighted by molar-refractivity contribution is 0.0695. The number of hydrogen-bond acceptors (Lipinski definition) is 2. The van der Waals surface area contributed by atoms with Crippen molar-refractivity contribution in [2.24, 2.45) is 13.0 Å². The second kappa shape index (κ2) is 2.87. The van der Waals surface area contributed by atoms with Crippen molar-refractivity contribution in [3.05, 3.63) is 17.5 Å². The van der Waals surface area contributed by atoms with Crippen LogP contribution in [0.15, 0.2) is 6.20 Å². The van der Waals surface area contributed by atoms with Gasteiger partial charge in [0.25, 0.3) is 0 Å². The van der Waals surface area contributed by atoms with Crippen molar-refractivity contribution in [1.82, 2.24) is 9.78 Å². The second-order valence-electron chi connectivity index (χ2n) is 3.62. The van der Waals surface area contributed by atoms with E-state index < -0.39 is 5.97 Å². The predicted octanol–water partition coefficient (Wildman–Crippen LogP) is 1.07. The third-order valence-corrected chi connectivity index (χ3v) is 2.31. The Hall–Kier alpha value is -1.32. The molecule has 0 saturated heterocycles. The van der Waals surface area contributed by atoms with Gasteiger partial charge in [0.15, 0.2) is 0 Å². The molecule has 2 rings (SSSR count). The molecule has 70 valence electrons. The molecular formula is C9H12N2O2. The first-order valence-corrected chi connectivity index (χ1v) is 4.42. The first-order chi connectivity index (χ1) is 6.16. The molecule has 1 saturated carbocycles. The Morgan fingerprint density at radius 2 is 2.46 bits per heavy atom. The third kappa shape index (κ3) is 1.71. The van der Waals surface area contributed by atoms with Crippen molar-refractivity contribution in [3.63, 3.8) is 0 Å². The van der Waals surface area contributed by atoms with Gasteiger partial charge in [0.2, 0.25) is 0 Å². The molecule has 0 aromatic carbocycles. The van der Waals surface area contributed by atoms with Crippen molar-refractivity contribution < 1.29 is 9.90 Å². The molecule has 1 aromatic rings. The van der Waals surface area contributed by atoms with Gasteiger partial charge in [0.05, 0.1) is 5.69 Å². The van der Waals surface area contributed by atoms with Crippen molar-refractivity contribution in [2.75, 3.05) is 0 Å². The average Bonchev–Trinajstić information content (AvgIpc) is 2.75. The zero-order valence-corrected chi connectivity index (χ0v) is 7.53. The first-order valence-electron chi connectivity index (χ1n) is 4.42. The lowest BCUT2D eigenvalue weighted by Crippen LogP contribution is -2.00. The van der Waals surface area contributed by atoms with E-state index in [1.807, 2.05) is 0 Å². The lowest BCUT2D eigenvalue weighted by atomic mass is 10.1. The maximum atomic E-state index is 10.8. The maximum absolute atomic E-state index is 10.8. The van der Waals surface area contributed by atoms with E-state index in [2.05, 4.69) is 5.10 Å². The summed E-state index contributed by atoms with van der Waals surface area (Å²) in [7, 11) is 1.75. The summed E-state index contributed by atoms with van der Waals surface area (Å²) < 4.78 is 1.57. The van der Waals surface area contributed by atoms with E-state index in [-0.39, 0.29) is 0 Å². The monoisotopic (exact) mass is 180 g/mol. The minimum absolute atomic E-state index is 0.356. The van der Waals surface area contributed by atoms with Gasteiger partial charge in [-0.2, -0.15) is 5.10 Å². The minimum atomic E-state index is -0.872. The summed E-state index contributed by atoms with van der Waals surface area (Å²) in [6.07, 6.45) is 4.83. The standard InChI is InChI=1S/C9H12N2O2/c1-11-5-7(9(12)13)8(10-11)4-6-2-3-6/h5-6H,2-4H2,1H3,(H,12,13). The first kappa shape index (κ1) is 8.29. The summed E-state index contributed by atoms with van der Waals surface area (Å²) in [4.78, 5) is 10.8. The molecule has 1 N–H and O–H groups in total. The van der Waals surface area contributed by atoms with Crippen LogP contribution in [0.1, 0.15) is 28.9 Å². The zero-order chi connectivity index (χ0) is 9.42. The highest BCUT2D eigenvalue weighted by molar-refractivity contribution is 5.88. The Kier molecular flexibility index (Phi) is 1.83. The normalized spacial score (nSPS) is 16.1. The van der Waals surface area contributed by atoms with Gasteiger partial charge in [-0.15, -0.1) is 0 Å². The molecule has 1 aliphatic rings. The minimum Gasteiger partial charge on any atom is -0.478 e. The number of nitrogens with zero attached hydrogens (tertiary/aromatic N) is 2. The summed E-state index contributed by atoms with van der Waals surface area (Å²) >= 11 is 0. The van der Waals surface area contributed by atoms with Gasteiger partial charge in [0, 0.05) is 13.2 Å². The van der Waals surface area contributed by atoms with Crippen LogP contribution in [0, 0.1) is 5.92 Å². The van der Waals surface area contributed by atoms with Crippen molar-refractivity contribution >= 4 is 5.97 Å². The molecule has 4 nitrogen and oxygen atoms in total. The van der Waals surface area contributed by atoms with E-state index in [0.29, 0.717) is 11.5 Å². The smallest absolute Gasteiger partial charge is 0.339 e. The van der Waals surface area contributed by atoms with Gasteiger partial charge in [-0.05, 0) is 25.2 Å². The number of hydrogen-bond donors (Lipinski definition) is 1. The van der Waals surface area contributed by atoms with E-state index in [9.17, 15) is 4.79 Å². The van der Waals surface area contributed by atoms with E-state index in [1.165, 1.54) is 12.8 Å². The molecule has 4 heteroatoms. The quantitative estimate of drug-likeness (QED) is 0.757. The molecule has 1 aromatic heterocycles. The molecule has 0 unspecified atom stereocenters. The van der Waals surface area contributed by atoms with Crippen LogP contribution in [0.5, 0.6) is 0 Å². The molecule has 13 heavy (non-hydrogen) atoms. The van der Waals surface area contributed by atoms with E-state index in [1.54, 1.807) is 17.9 Å². The van der Waals surface area contributed by atoms with E-state index >= 15 is 0 Å². The Balaban J connectivity index is 2.24. The number of aromatic carboxylic acids is 1. The number of aromatic nitrogens is 2. The Labute approximate surface area is 76.2 Å². The van der Waals surface area contributed by atoms with Crippen LogP contribution in [-0.2, 0) is 13.5 Å². The number of rotatable bonds is 3. The summed E-state index contributed by atoms with van der Waals surface area (Å²) in [5.74, 6) is -0.197. The number of carboxylic acid groups (broad SMARTS) is 1. The average molecular weight is 180 g/mol. The molecular weight excluding hydrogens is 168 g/mol. The van der Waals surface area contributed by atoms with Gasteiger partial charge in [-0.3, -0.25) is 4.68 Å². The summed E-state index contributed by atoms with van der Waals surface area (Å²) in [6, 6.07) is 0. The highest BCUT2D eigenvalue weighted by atomic mass is 16.4. The fourth-order valence-corrected chi connectivity index (χ4v) is 1.46. The topological polar surface area (TPSA) is 55.1 Å². The van der Waals surface area contributed by atoms with Crippen LogP contribution < -0.4 is 0 Å². The van der Waals surface area contributed by atoms with Crippen LogP contribution >= 0.6 is 0 Å². The fourth-order valence-electron chi connectivity index (χ4n) is 1.46. The van der Waals surface area contributed by atoms with Gasteiger partial charge >= 0.3 is 5.97 Å². The van der Waals surface area contributed by atoms with Crippen LogP contribution in [0.4, 0.5) is 0 Å². The van der Waals surface area contributed by atoms with Crippen molar-refractivity contribution in [1.29, 1.82) is 0 Å². The molecule has 0 radical (unpaired) electrons. The zero-order valence-electron chi connectivity index (χ0n) is 7.53. The highest BCUT2D eigenvalue weighted by Crippen LogP contribution is 2.32. The van der Waals surface area contributed by atoms with Gasteiger partial charge < -0.3 is 5.11 Å². The number of aryl methyl sites for hydroxylation is 1. The van der Waals surface area contributed by atoms with Crippen LogP contribution in [-0.4, -0.2) is 20.9 Å². The molecule has 0 bridgehead atoms. The SMILES string of the molecule is Cn1cc(C(=O)O)c(CC2CC2)n1. The highest BCUT2D eigenvalue weighted by Gasteiger charge is 2.25. The molecule has 1 fully saturated rings. The fraction of sp³-hybridized carbons (Fsp3) is 0.556. The Morgan fingerprint density at radius 3 is 3.00 bits per heavy atom. The molecule has 0 atom stereocenters. The van der Waals surface area contributed by atoms with Crippen LogP contribution in [0.3, 0.4) is 0 Å². The Bertz CT molecular complexity index is 339. The van der Waals surface area contributed by atoms with E-state index in [4.69, 9.17) is 5.11 Å². The molecule has 1 aliphatic carbocycles. The van der Waals surface area contributed by atoms with E-state index in [0.717, 1.165) is 12.1 Å². The van der Waals surface area contributed by atoms with Gasteiger partial charge in [0.1, 0.15) is 5.56 Å². The van der Waals surface area contributed by atoms with Gasteiger partial charge in [-0.25, -0.2) is 4.79 Å². The van der Waals surface area contributed by atoms with Gasteiger partial charge in [-0.1, -0.05) is 0 Å². The predicted molar refractivity (Wildman–Crippen MR) is 46.6 cm³/mol. The summed E-state index contributed by atoms with van der Waals surface area (Å²) in [5.41, 5.74) is 1.09. The van der Waals surface area contributed by atoms with Crippen LogP contribution in [0.25, 0.3) is 0 Å². The maximum Gasteiger partial charge on any atom is 0.339 e. The largest absolute Gasteiger partial charge is 0.478 e. The third-order valence-electron chi connectivity index (χ3n) is 2.31. The van der Waals surface area contributed by atoms with Crippen molar-refractivity contribution in [3.8, 4) is 0 Å². The van der Waals surface area contributed by atoms with Crippen LogP contribution in [0.2, 0.25) is 0 Å². The molecule has 0 spiro atoms. The van der Waals surface area contributed by atoms with Crippen molar-refractivity contribution in [2.45, 2.75) is 19.3 Å². The summed E-state index contributed by atoms with van der Waals surface area (Å²) in [5, 5.41) is 13.0. The Morgan fingerprint density at radius 1 is 1.77 bits per heavy atom. The number of carbonyl (C=O) groups is 1. The lowest BCUT2D eigenvalue weighted by Gasteiger charge is -1.94. The molecule has 0 aliphatic heterocycles. The molecule has 0 amide bonds. The number of carboxylic acids is 1.